The molecule has 1 N–H and O–H groups in total. The van der Waals surface area contributed by atoms with Gasteiger partial charge in [-0.05, 0) is 59.5 Å². The molecule has 17 heavy (non-hydrogen) atoms. The summed E-state index contributed by atoms with van der Waals surface area (Å²) < 4.78 is 0. The Morgan fingerprint density at radius 1 is 1.24 bits per heavy atom. The zero-order valence-corrected chi connectivity index (χ0v) is 12.0. The largest absolute Gasteiger partial charge is 0.353 e. The van der Waals surface area contributed by atoms with Gasteiger partial charge >= 0.3 is 0 Å². The predicted molar refractivity (Wildman–Crippen MR) is 71.9 cm³/mol. The maximum atomic E-state index is 12.2. The molecule has 1 amide bonds. The third-order valence-electron chi connectivity index (χ3n) is 3.68. The fraction of sp³-hybridized carbons (Fsp3) is 0.929. The molecule has 3 nitrogen and oxygen atoms in total. The van der Waals surface area contributed by atoms with Crippen LogP contribution in [0.1, 0.15) is 46.5 Å². The van der Waals surface area contributed by atoms with Crippen molar-refractivity contribution in [2.45, 2.75) is 52.5 Å². The molecular formula is C14H28N2O. The van der Waals surface area contributed by atoms with E-state index in [0.29, 0.717) is 6.04 Å². The van der Waals surface area contributed by atoms with Crippen molar-refractivity contribution in [3.05, 3.63) is 0 Å². The zero-order valence-electron chi connectivity index (χ0n) is 12.0. The summed E-state index contributed by atoms with van der Waals surface area (Å²) in [5.74, 6) is 1.03. The van der Waals surface area contributed by atoms with E-state index in [1.807, 2.05) is 27.9 Å². The molecule has 1 rings (SSSR count). The second-order valence-corrected chi connectivity index (χ2v) is 6.55. The number of amides is 1. The molecule has 0 aromatic rings. The van der Waals surface area contributed by atoms with E-state index < -0.39 is 0 Å². The normalized spacial score (nSPS) is 26.0. The summed E-state index contributed by atoms with van der Waals surface area (Å²) in [5.41, 5.74) is -0.299. The van der Waals surface area contributed by atoms with Crippen LogP contribution in [0.2, 0.25) is 0 Å². The Bertz CT molecular complexity index is 253. The van der Waals surface area contributed by atoms with Crippen molar-refractivity contribution < 1.29 is 4.79 Å². The second-order valence-electron chi connectivity index (χ2n) is 6.55. The summed E-state index contributed by atoms with van der Waals surface area (Å²) >= 11 is 0. The van der Waals surface area contributed by atoms with E-state index in [1.54, 1.807) is 0 Å². The third-order valence-corrected chi connectivity index (χ3v) is 3.68. The molecule has 0 atom stereocenters. The van der Waals surface area contributed by atoms with E-state index in [1.165, 1.54) is 12.8 Å². The van der Waals surface area contributed by atoms with Crippen molar-refractivity contribution in [2.24, 2.45) is 11.3 Å². The highest BCUT2D eigenvalue weighted by molar-refractivity contribution is 5.82. The van der Waals surface area contributed by atoms with Crippen LogP contribution in [0.15, 0.2) is 0 Å². The third kappa shape index (κ3) is 4.66. The van der Waals surface area contributed by atoms with Gasteiger partial charge < -0.3 is 10.2 Å². The lowest BCUT2D eigenvalue weighted by atomic mass is 9.86. The Kier molecular flexibility index (Phi) is 4.99. The van der Waals surface area contributed by atoms with Crippen LogP contribution in [0.3, 0.4) is 0 Å². The minimum Gasteiger partial charge on any atom is -0.353 e. The summed E-state index contributed by atoms with van der Waals surface area (Å²) in [5, 5.41) is 3.22. The molecule has 100 valence electrons. The summed E-state index contributed by atoms with van der Waals surface area (Å²) in [6.45, 7) is 7.14. The summed E-state index contributed by atoms with van der Waals surface area (Å²) in [6, 6.07) is 0.403. The van der Waals surface area contributed by atoms with E-state index >= 15 is 0 Å². The molecule has 0 aromatic heterocycles. The van der Waals surface area contributed by atoms with Crippen molar-refractivity contribution in [3.8, 4) is 0 Å². The topological polar surface area (TPSA) is 32.3 Å². The van der Waals surface area contributed by atoms with Crippen LogP contribution in [0.5, 0.6) is 0 Å². The molecule has 3 heteroatoms. The number of carbonyl (C=O) groups is 1. The smallest absolute Gasteiger partial charge is 0.227 e. The van der Waals surface area contributed by atoms with Gasteiger partial charge in [-0.25, -0.2) is 0 Å². The van der Waals surface area contributed by atoms with Gasteiger partial charge in [-0.3, -0.25) is 4.79 Å². The highest BCUT2D eigenvalue weighted by atomic mass is 16.2. The fourth-order valence-corrected chi connectivity index (χ4v) is 2.65. The average Bonchev–Trinajstić information content (AvgIpc) is 2.19. The van der Waals surface area contributed by atoms with Crippen LogP contribution in [0, 0.1) is 11.3 Å². The molecule has 0 bridgehead atoms. The van der Waals surface area contributed by atoms with Gasteiger partial charge in [0.1, 0.15) is 0 Å². The summed E-state index contributed by atoms with van der Waals surface area (Å²) in [4.78, 5) is 14.3. The first kappa shape index (κ1) is 14.5. The van der Waals surface area contributed by atoms with Gasteiger partial charge in [0.15, 0.2) is 0 Å². The number of rotatable bonds is 4. The Morgan fingerprint density at radius 2 is 1.76 bits per heavy atom. The van der Waals surface area contributed by atoms with Crippen LogP contribution in [-0.2, 0) is 4.79 Å². The molecule has 0 saturated heterocycles. The van der Waals surface area contributed by atoms with Crippen LogP contribution < -0.4 is 5.32 Å². The molecule has 1 fully saturated rings. The van der Waals surface area contributed by atoms with Gasteiger partial charge in [-0.15, -0.1) is 0 Å². The molecule has 1 aliphatic carbocycles. The number of nitrogens with one attached hydrogen (secondary N) is 1. The quantitative estimate of drug-likeness (QED) is 0.817. The molecule has 1 saturated carbocycles. The predicted octanol–water partition coefficient (Wildman–Crippen LogP) is 2.27. The monoisotopic (exact) mass is 240 g/mol. The number of carbonyl (C=O) groups excluding carboxylic acids is 1. The Balaban J connectivity index is 2.43. The molecular weight excluding hydrogens is 212 g/mol. The molecule has 0 radical (unpaired) electrons. The molecule has 0 unspecified atom stereocenters. The number of hydrogen-bond acceptors (Lipinski definition) is 2. The highest BCUT2D eigenvalue weighted by Crippen LogP contribution is 2.25. The lowest BCUT2D eigenvalue weighted by Gasteiger charge is -2.32. The van der Waals surface area contributed by atoms with E-state index in [4.69, 9.17) is 0 Å². The Morgan fingerprint density at radius 3 is 2.24 bits per heavy atom. The molecule has 0 spiro atoms. The molecule has 1 aliphatic rings. The maximum Gasteiger partial charge on any atom is 0.227 e. The van der Waals surface area contributed by atoms with Crippen LogP contribution >= 0.6 is 0 Å². The average molecular weight is 240 g/mol. The van der Waals surface area contributed by atoms with Gasteiger partial charge in [0.25, 0.3) is 0 Å². The van der Waals surface area contributed by atoms with Crippen molar-refractivity contribution in [1.29, 1.82) is 0 Å². The van der Waals surface area contributed by atoms with Crippen LogP contribution in [0.25, 0.3) is 0 Å². The zero-order chi connectivity index (χ0) is 13.1. The molecule has 0 aromatic carbocycles. The maximum absolute atomic E-state index is 12.2. The van der Waals surface area contributed by atoms with E-state index in [-0.39, 0.29) is 11.3 Å². The number of hydrogen-bond donors (Lipinski definition) is 1. The van der Waals surface area contributed by atoms with Gasteiger partial charge in [-0.2, -0.15) is 0 Å². The van der Waals surface area contributed by atoms with Gasteiger partial charge in [0, 0.05) is 12.6 Å². The Hall–Kier alpha value is -0.570. The minimum atomic E-state index is -0.299. The van der Waals surface area contributed by atoms with Crippen molar-refractivity contribution in [2.75, 3.05) is 20.6 Å². The summed E-state index contributed by atoms with van der Waals surface area (Å²) in [6.07, 6.45) is 4.79. The fourth-order valence-electron chi connectivity index (χ4n) is 2.65. The van der Waals surface area contributed by atoms with Crippen molar-refractivity contribution in [3.63, 3.8) is 0 Å². The van der Waals surface area contributed by atoms with E-state index in [0.717, 1.165) is 25.3 Å². The summed E-state index contributed by atoms with van der Waals surface area (Å²) in [7, 11) is 4.02. The van der Waals surface area contributed by atoms with Crippen LogP contribution in [-0.4, -0.2) is 37.5 Å². The van der Waals surface area contributed by atoms with Gasteiger partial charge in [-0.1, -0.05) is 6.92 Å². The minimum absolute atomic E-state index is 0.200. The molecule has 0 heterocycles. The lowest BCUT2D eigenvalue weighted by Crippen LogP contribution is -2.47. The van der Waals surface area contributed by atoms with Gasteiger partial charge in [0.05, 0.1) is 5.41 Å². The Labute approximate surface area is 106 Å². The second kappa shape index (κ2) is 5.85. The van der Waals surface area contributed by atoms with Crippen molar-refractivity contribution >= 4 is 5.91 Å². The molecule has 0 aliphatic heterocycles. The SMILES string of the molecule is CC1CCC(NC(=O)C(C)(C)CN(C)C)CC1. The van der Waals surface area contributed by atoms with E-state index in [9.17, 15) is 4.79 Å². The van der Waals surface area contributed by atoms with Crippen molar-refractivity contribution in [1.82, 2.24) is 10.2 Å². The lowest BCUT2D eigenvalue weighted by molar-refractivity contribution is -0.131. The first-order chi connectivity index (χ1) is 7.81. The standard InChI is InChI=1S/C14H28N2O/c1-11-6-8-12(9-7-11)15-13(17)14(2,3)10-16(4)5/h11-12H,6-10H2,1-5H3,(H,15,17). The first-order valence-electron chi connectivity index (χ1n) is 6.77. The van der Waals surface area contributed by atoms with Gasteiger partial charge in [0.2, 0.25) is 5.91 Å². The number of nitrogens with zero attached hydrogens (tertiary/aromatic N) is 1. The highest BCUT2D eigenvalue weighted by Gasteiger charge is 2.30. The first-order valence-corrected chi connectivity index (χ1v) is 6.77. The van der Waals surface area contributed by atoms with Crippen LogP contribution in [0.4, 0.5) is 0 Å². The van der Waals surface area contributed by atoms with E-state index in [2.05, 4.69) is 17.1 Å².